The molecule has 1 aromatic rings. The fourth-order valence-corrected chi connectivity index (χ4v) is 2.01. The zero-order valence-corrected chi connectivity index (χ0v) is 10.5. The average molecular weight is 289 g/mol. The Hall–Kier alpha value is -0.0900. The van der Waals surface area contributed by atoms with E-state index in [1.807, 2.05) is 0 Å². The van der Waals surface area contributed by atoms with E-state index in [0.29, 0.717) is 5.92 Å². The second-order valence-electron chi connectivity index (χ2n) is 3.75. The quantitative estimate of drug-likeness (QED) is 0.831. The van der Waals surface area contributed by atoms with Gasteiger partial charge in [-0.1, -0.05) is 32.0 Å². The highest BCUT2D eigenvalue weighted by Gasteiger charge is 2.13. The van der Waals surface area contributed by atoms with Crippen molar-refractivity contribution in [3.8, 4) is 0 Å². The molecule has 72 valence electrons. The minimum Gasteiger partial charge on any atom is -0.324 e. The topological polar surface area (TPSA) is 26.0 Å². The van der Waals surface area contributed by atoms with Crippen LogP contribution in [-0.2, 0) is 0 Å². The zero-order chi connectivity index (χ0) is 10.0. The summed E-state index contributed by atoms with van der Waals surface area (Å²) in [6, 6.07) is 6.49. The molecule has 0 saturated heterocycles. The molecule has 0 unspecified atom stereocenters. The van der Waals surface area contributed by atoms with Gasteiger partial charge in [0.15, 0.2) is 0 Å². The van der Waals surface area contributed by atoms with Gasteiger partial charge in [-0.3, -0.25) is 0 Å². The highest BCUT2D eigenvalue weighted by atomic mass is 127. The van der Waals surface area contributed by atoms with E-state index >= 15 is 0 Å². The Morgan fingerprint density at radius 2 is 1.92 bits per heavy atom. The third kappa shape index (κ3) is 2.44. The molecular weight excluding hydrogens is 273 g/mol. The third-order valence-corrected chi connectivity index (χ3v) is 3.77. The van der Waals surface area contributed by atoms with Gasteiger partial charge in [0.25, 0.3) is 0 Å². The van der Waals surface area contributed by atoms with E-state index in [1.165, 1.54) is 14.7 Å². The Kier molecular flexibility index (Phi) is 3.74. The van der Waals surface area contributed by atoms with E-state index < -0.39 is 0 Å². The van der Waals surface area contributed by atoms with Crippen LogP contribution in [0.5, 0.6) is 0 Å². The van der Waals surface area contributed by atoms with Gasteiger partial charge in [-0.15, -0.1) is 0 Å². The van der Waals surface area contributed by atoms with Crippen LogP contribution in [0.1, 0.15) is 31.0 Å². The lowest BCUT2D eigenvalue weighted by molar-refractivity contribution is 0.512. The summed E-state index contributed by atoms with van der Waals surface area (Å²) in [5.41, 5.74) is 8.69. The standard InChI is InChI=1S/C11H16IN/c1-7(2)11(13)9-6-4-5-8(3)10(9)12/h4-7,11H,13H2,1-3H3/t11-/m0/s1. The first-order valence-electron chi connectivity index (χ1n) is 4.54. The Bertz CT molecular complexity index is 294. The van der Waals surface area contributed by atoms with Crippen molar-refractivity contribution in [1.82, 2.24) is 0 Å². The molecule has 0 radical (unpaired) electrons. The zero-order valence-electron chi connectivity index (χ0n) is 8.34. The monoisotopic (exact) mass is 289 g/mol. The van der Waals surface area contributed by atoms with Gasteiger partial charge < -0.3 is 5.73 Å². The molecule has 1 aromatic carbocycles. The van der Waals surface area contributed by atoms with Crippen molar-refractivity contribution in [2.75, 3.05) is 0 Å². The molecule has 0 spiro atoms. The van der Waals surface area contributed by atoms with Gasteiger partial charge in [0.2, 0.25) is 0 Å². The van der Waals surface area contributed by atoms with E-state index in [1.54, 1.807) is 0 Å². The van der Waals surface area contributed by atoms with Gasteiger partial charge in [-0.2, -0.15) is 0 Å². The smallest absolute Gasteiger partial charge is 0.0328 e. The van der Waals surface area contributed by atoms with Crippen LogP contribution in [0.4, 0.5) is 0 Å². The fraction of sp³-hybridized carbons (Fsp3) is 0.455. The Morgan fingerprint density at radius 3 is 2.46 bits per heavy atom. The molecular formula is C11H16IN. The lowest BCUT2D eigenvalue weighted by Gasteiger charge is -2.18. The normalized spacial score (nSPS) is 13.4. The largest absolute Gasteiger partial charge is 0.324 e. The van der Waals surface area contributed by atoms with Gasteiger partial charge >= 0.3 is 0 Å². The summed E-state index contributed by atoms with van der Waals surface area (Å²) in [7, 11) is 0. The van der Waals surface area contributed by atoms with Crippen LogP contribution in [0.25, 0.3) is 0 Å². The van der Waals surface area contributed by atoms with Crippen molar-refractivity contribution in [2.24, 2.45) is 11.7 Å². The third-order valence-electron chi connectivity index (χ3n) is 2.30. The number of rotatable bonds is 2. The van der Waals surface area contributed by atoms with Crippen molar-refractivity contribution in [2.45, 2.75) is 26.8 Å². The highest BCUT2D eigenvalue weighted by molar-refractivity contribution is 14.1. The number of hydrogen-bond donors (Lipinski definition) is 1. The summed E-state index contributed by atoms with van der Waals surface area (Å²) in [4.78, 5) is 0. The molecule has 0 amide bonds. The maximum Gasteiger partial charge on any atom is 0.0328 e. The van der Waals surface area contributed by atoms with E-state index in [-0.39, 0.29) is 6.04 Å². The molecule has 0 bridgehead atoms. The van der Waals surface area contributed by atoms with Crippen LogP contribution in [0.2, 0.25) is 0 Å². The molecule has 0 aliphatic carbocycles. The molecule has 2 N–H and O–H groups in total. The molecule has 0 aliphatic heterocycles. The maximum atomic E-state index is 6.10. The minimum absolute atomic E-state index is 0.159. The van der Waals surface area contributed by atoms with Crippen LogP contribution < -0.4 is 5.73 Å². The molecule has 0 fully saturated rings. The molecule has 0 saturated carbocycles. The van der Waals surface area contributed by atoms with Crippen molar-refractivity contribution in [3.63, 3.8) is 0 Å². The summed E-state index contributed by atoms with van der Waals surface area (Å²) in [5.74, 6) is 0.496. The van der Waals surface area contributed by atoms with Gasteiger partial charge in [0.1, 0.15) is 0 Å². The lowest BCUT2D eigenvalue weighted by Crippen LogP contribution is -2.18. The van der Waals surface area contributed by atoms with Crippen molar-refractivity contribution in [1.29, 1.82) is 0 Å². The minimum atomic E-state index is 0.159. The van der Waals surface area contributed by atoms with Gasteiger partial charge in [0, 0.05) is 9.61 Å². The number of halogens is 1. The van der Waals surface area contributed by atoms with Gasteiger partial charge in [-0.25, -0.2) is 0 Å². The summed E-state index contributed by atoms with van der Waals surface area (Å²) in [5, 5.41) is 0. The maximum absolute atomic E-state index is 6.10. The van der Waals surface area contributed by atoms with Crippen LogP contribution >= 0.6 is 22.6 Å². The van der Waals surface area contributed by atoms with Crippen LogP contribution in [-0.4, -0.2) is 0 Å². The second kappa shape index (κ2) is 4.42. The SMILES string of the molecule is Cc1cccc([C@@H](N)C(C)C)c1I. The Balaban J connectivity index is 3.07. The van der Waals surface area contributed by atoms with Gasteiger partial charge in [0.05, 0.1) is 0 Å². The van der Waals surface area contributed by atoms with Crippen molar-refractivity contribution < 1.29 is 0 Å². The second-order valence-corrected chi connectivity index (χ2v) is 4.83. The van der Waals surface area contributed by atoms with Crippen molar-refractivity contribution >= 4 is 22.6 Å². The predicted molar refractivity (Wildman–Crippen MR) is 65.7 cm³/mol. The molecule has 0 aliphatic rings. The Labute approximate surface area is 93.9 Å². The van der Waals surface area contributed by atoms with E-state index in [2.05, 4.69) is 61.6 Å². The summed E-state index contributed by atoms with van der Waals surface area (Å²) < 4.78 is 1.31. The predicted octanol–water partition coefficient (Wildman–Crippen LogP) is 3.26. The van der Waals surface area contributed by atoms with Crippen LogP contribution in [0.3, 0.4) is 0 Å². The highest BCUT2D eigenvalue weighted by Crippen LogP contribution is 2.25. The number of hydrogen-bond acceptors (Lipinski definition) is 1. The first-order valence-corrected chi connectivity index (χ1v) is 5.62. The first-order chi connectivity index (χ1) is 6.04. The Morgan fingerprint density at radius 1 is 1.31 bits per heavy atom. The fourth-order valence-electron chi connectivity index (χ4n) is 1.29. The molecule has 13 heavy (non-hydrogen) atoms. The van der Waals surface area contributed by atoms with E-state index in [9.17, 15) is 0 Å². The lowest BCUT2D eigenvalue weighted by atomic mass is 9.96. The summed E-state index contributed by atoms with van der Waals surface area (Å²) in [6.07, 6.45) is 0. The molecule has 0 heterocycles. The van der Waals surface area contributed by atoms with E-state index in [4.69, 9.17) is 5.73 Å². The molecule has 0 aromatic heterocycles. The molecule has 1 rings (SSSR count). The molecule has 1 atom stereocenters. The van der Waals surface area contributed by atoms with Gasteiger partial charge in [-0.05, 0) is 46.6 Å². The summed E-state index contributed by atoms with van der Waals surface area (Å²) >= 11 is 2.37. The van der Waals surface area contributed by atoms with Crippen LogP contribution in [0, 0.1) is 16.4 Å². The summed E-state index contributed by atoms with van der Waals surface area (Å²) in [6.45, 7) is 6.44. The number of aryl methyl sites for hydroxylation is 1. The molecule has 2 heteroatoms. The number of nitrogens with two attached hydrogens (primary N) is 1. The average Bonchev–Trinajstić information content (AvgIpc) is 2.08. The van der Waals surface area contributed by atoms with Crippen LogP contribution in [0.15, 0.2) is 18.2 Å². The first kappa shape index (κ1) is 11.0. The van der Waals surface area contributed by atoms with Crippen molar-refractivity contribution in [3.05, 3.63) is 32.9 Å². The number of benzene rings is 1. The molecule has 1 nitrogen and oxygen atoms in total. The van der Waals surface area contributed by atoms with E-state index in [0.717, 1.165) is 0 Å².